The maximum Gasteiger partial charge on any atom is 0.423 e. The normalized spacial score (nSPS) is 11.2. The van der Waals surface area contributed by atoms with Crippen LogP contribution >= 0.6 is 0 Å². The van der Waals surface area contributed by atoms with Gasteiger partial charge in [-0.3, -0.25) is 10.1 Å². The minimum absolute atomic E-state index is 0.153. The molecule has 1 rings (SSSR count). The molecule has 21 heavy (non-hydrogen) atoms. The van der Waals surface area contributed by atoms with E-state index in [2.05, 4.69) is 11.9 Å². The molecule has 0 aliphatic carbocycles. The maximum atomic E-state index is 12.8. The molecular weight excluding hydrogens is 289 g/mol. The molecule has 0 unspecified atom stereocenters. The Morgan fingerprint density at radius 3 is 2.67 bits per heavy atom. The Bertz CT molecular complexity index is 504. The van der Waals surface area contributed by atoms with Crippen LogP contribution in [0.5, 0.6) is 0 Å². The van der Waals surface area contributed by atoms with Crippen LogP contribution in [0.3, 0.4) is 0 Å². The number of nitrogens with zero attached hydrogens (tertiary/aromatic N) is 1. The third kappa shape index (κ3) is 5.42. The van der Waals surface area contributed by atoms with E-state index in [1.807, 2.05) is 0 Å². The van der Waals surface area contributed by atoms with Crippen LogP contribution in [0.4, 0.5) is 24.5 Å². The van der Waals surface area contributed by atoms with Crippen molar-refractivity contribution in [3.05, 3.63) is 46.5 Å². The molecule has 1 aromatic rings. The minimum atomic E-state index is -4.78. The van der Waals surface area contributed by atoms with Gasteiger partial charge in [-0.2, -0.15) is 13.2 Å². The van der Waals surface area contributed by atoms with E-state index in [0.29, 0.717) is 26.2 Å². The number of hydrogen-bond acceptors (Lipinski definition) is 4. The second kappa shape index (κ2) is 7.63. The van der Waals surface area contributed by atoms with Gasteiger partial charge in [-0.25, -0.2) is 0 Å². The van der Waals surface area contributed by atoms with E-state index >= 15 is 0 Å². The highest BCUT2D eigenvalue weighted by Gasteiger charge is 2.38. The third-order valence-electron chi connectivity index (χ3n) is 2.54. The van der Waals surface area contributed by atoms with Crippen molar-refractivity contribution >= 4 is 11.4 Å². The smallest absolute Gasteiger partial charge is 0.383 e. The van der Waals surface area contributed by atoms with Gasteiger partial charge in [0, 0.05) is 18.3 Å². The first-order valence-corrected chi connectivity index (χ1v) is 6.14. The molecule has 8 heteroatoms. The van der Waals surface area contributed by atoms with Crippen LogP contribution in [0.25, 0.3) is 0 Å². The maximum absolute atomic E-state index is 12.8. The molecule has 0 aromatic heterocycles. The van der Waals surface area contributed by atoms with Crippen LogP contribution in [0, 0.1) is 10.1 Å². The van der Waals surface area contributed by atoms with Gasteiger partial charge >= 0.3 is 6.18 Å². The van der Waals surface area contributed by atoms with Crippen molar-refractivity contribution in [2.75, 3.05) is 25.1 Å². The molecule has 0 spiro atoms. The van der Waals surface area contributed by atoms with Crippen molar-refractivity contribution in [1.29, 1.82) is 0 Å². The van der Waals surface area contributed by atoms with E-state index in [1.54, 1.807) is 6.08 Å². The first-order chi connectivity index (χ1) is 9.86. The summed E-state index contributed by atoms with van der Waals surface area (Å²) in [5.74, 6) is 0. The lowest BCUT2D eigenvalue weighted by atomic mass is 10.1. The molecule has 0 saturated carbocycles. The van der Waals surface area contributed by atoms with Crippen LogP contribution in [0.1, 0.15) is 12.0 Å². The number of nitrogens with one attached hydrogen (secondary N) is 1. The summed E-state index contributed by atoms with van der Waals surface area (Å²) in [6.45, 7) is 4.62. The van der Waals surface area contributed by atoms with E-state index in [0.717, 1.165) is 12.1 Å². The SMILES string of the molecule is C=CCCOCCNc1ccc([N+](=O)[O-])c(C(F)(F)F)c1. The van der Waals surface area contributed by atoms with Crippen LogP contribution in [0.15, 0.2) is 30.9 Å². The van der Waals surface area contributed by atoms with E-state index < -0.39 is 22.4 Å². The van der Waals surface area contributed by atoms with Crippen molar-refractivity contribution in [1.82, 2.24) is 0 Å². The predicted octanol–water partition coefficient (Wildman–Crippen LogP) is 3.62. The fourth-order valence-electron chi connectivity index (χ4n) is 1.57. The Labute approximate surface area is 119 Å². The van der Waals surface area contributed by atoms with Gasteiger partial charge in [0.1, 0.15) is 5.56 Å². The predicted molar refractivity (Wildman–Crippen MR) is 72.2 cm³/mol. The summed E-state index contributed by atoms with van der Waals surface area (Å²) in [4.78, 5) is 9.55. The summed E-state index contributed by atoms with van der Waals surface area (Å²) in [6, 6.07) is 2.79. The second-order valence-corrected chi connectivity index (χ2v) is 4.10. The van der Waals surface area contributed by atoms with Gasteiger partial charge in [-0.05, 0) is 18.6 Å². The Hall–Kier alpha value is -2.09. The molecule has 1 N–H and O–H groups in total. The molecule has 0 saturated heterocycles. The van der Waals surface area contributed by atoms with Gasteiger partial charge in [0.25, 0.3) is 5.69 Å². The Balaban J connectivity index is 2.68. The molecular formula is C13H15F3N2O3. The van der Waals surface area contributed by atoms with Crippen LogP contribution in [-0.4, -0.2) is 24.7 Å². The molecule has 1 aromatic carbocycles. The standard InChI is InChI=1S/C13H15F3N2O3/c1-2-3-7-21-8-6-17-10-4-5-12(18(19)20)11(9-10)13(14,15)16/h2,4-5,9,17H,1,3,6-8H2. The van der Waals surface area contributed by atoms with E-state index in [-0.39, 0.29) is 5.69 Å². The minimum Gasteiger partial charge on any atom is -0.383 e. The lowest BCUT2D eigenvalue weighted by molar-refractivity contribution is -0.388. The number of alkyl halides is 3. The molecule has 0 aliphatic heterocycles. The molecule has 116 valence electrons. The van der Waals surface area contributed by atoms with E-state index in [1.165, 1.54) is 6.07 Å². The van der Waals surface area contributed by atoms with Crippen molar-refractivity contribution in [2.45, 2.75) is 12.6 Å². The Morgan fingerprint density at radius 1 is 1.38 bits per heavy atom. The van der Waals surface area contributed by atoms with Crippen molar-refractivity contribution in [3.8, 4) is 0 Å². The highest BCUT2D eigenvalue weighted by molar-refractivity contribution is 5.55. The van der Waals surface area contributed by atoms with Gasteiger partial charge in [0.05, 0.1) is 18.1 Å². The van der Waals surface area contributed by atoms with Crippen molar-refractivity contribution in [2.24, 2.45) is 0 Å². The number of nitro benzene ring substituents is 1. The summed E-state index contributed by atoms with van der Waals surface area (Å²) < 4.78 is 43.4. The molecule has 0 aliphatic rings. The number of ether oxygens (including phenoxy) is 1. The van der Waals surface area contributed by atoms with Gasteiger partial charge in [0.2, 0.25) is 0 Å². The monoisotopic (exact) mass is 304 g/mol. The molecule has 0 fully saturated rings. The fraction of sp³-hybridized carbons (Fsp3) is 0.385. The topological polar surface area (TPSA) is 64.4 Å². The summed E-state index contributed by atoms with van der Waals surface area (Å²) in [5.41, 5.74) is -2.08. The van der Waals surface area contributed by atoms with Crippen molar-refractivity contribution in [3.63, 3.8) is 0 Å². The van der Waals surface area contributed by atoms with Crippen LogP contribution in [-0.2, 0) is 10.9 Å². The lowest BCUT2D eigenvalue weighted by Gasteiger charge is -2.11. The average Bonchev–Trinajstić information content (AvgIpc) is 2.41. The zero-order chi connectivity index (χ0) is 15.9. The summed E-state index contributed by atoms with van der Waals surface area (Å²) >= 11 is 0. The number of rotatable bonds is 8. The molecule has 0 heterocycles. The largest absolute Gasteiger partial charge is 0.423 e. The van der Waals surface area contributed by atoms with Crippen molar-refractivity contribution < 1.29 is 22.8 Å². The molecule has 0 bridgehead atoms. The van der Waals surface area contributed by atoms with Gasteiger partial charge in [-0.1, -0.05) is 6.08 Å². The molecule has 5 nitrogen and oxygen atoms in total. The first-order valence-electron chi connectivity index (χ1n) is 6.14. The highest BCUT2D eigenvalue weighted by atomic mass is 19.4. The summed E-state index contributed by atoms with van der Waals surface area (Å²) in [6.07, 6.45) is -2.39. The number of hydrogen-bond donors (Lipinski definition) is 1. The van der Waals surface area contributed by atoms with E-state index in [9.17, 15) is 23.3 Å². The number of anilines is 1. The van der Waals surface area contributed by atoms with Gasteiger partial charge in [0.15, 0.2) is 0 Å². The number of benzene rings is 1. The van der Waals surface area contributed by atoms with Crippen LogP contribution < -0.4 is 5.32 Å². The molecule has 0 radical (unpaired) electrons. The lowest BCUT2D eigenvalue weighted by Crippen LogP contribution is -2.12. The molecule has 0 amide bonds. The quantitative estimate of drug-likeness (QED) is 0.345. The van der Waals surface area contributed by atoms with E-state index in [4.69, 9.17) is 4.74 Å². The first kappa shape index (κ1) is 17.0. The second-order valence-electron chi connectivity index (χ2n) is 4.10. The van der Waals surface area contributed by atoms with Crippen LogP contribution in [0.2, 0.25) is 0 Å². The fourth-order valence-corrected chi connectivity index (χ4v) is 1.57. The van der Waals surface area contributed by atoms with Gasteiger partial charge < -0.3 is 10.1 Å². The number of halogens is 3. The Morgan fingerprint density at radius 2 is 2.10 bits per heavy atom. The summed E-state index contributed by atoms with van der Waals surface area (Å²) in [5, 5.41) is 13.3. The highest BCUT2D eigenvalue weighted by Crippen LogP contribution is 2.37. The van der Waals surface area contributed by atoms with Gasteiger partial charge in [-0.15, -0.1) is 6.58 Å². The number of nitro groups is 1. The molecule has 0 atom stereocenters. The average molecular weight is 304 g/mol. The zero-order valence-corrected chi connectivity index (χ0v) is 11.2. The zero-order valence-electron chi connectivity index (χ0n) is 11.2. The Kier molecular flexibility index (Phi) is 6.16. The summed E-state index contributed by atoms with van der Waals surface area (Å²) in [7, 11) is 0. The third-order valence-corrected chi connectivity index (χ3v) is 2.54.